The lowest BCUT2D eigenvalue weighted by molar-refractivity contribution is -0.0456. The lowest BCUT2D eigenvalue weighted by atomic mass is 10.1. The van der Waals surface area contributed by atoms with Gasteiger partial charge >= 0.3 is 10.3 Å². The number of anilines is 1. The standard InChI is InChI=1S/C15H17FN8O5S2/c16-10-11(25)8(4-28-31(18,26)27)29-15(10)24-13-9(12(17)19-6-20-13)14(23-24)30-5-7-2-1-3-21-22-7/h1-3,6,8,10-11,15,25H,4-5H2,(H2,17,19,20)(H2,18,26,27)/t8-,10+,11-,15-/m1/s1. The van der Waals surface area contributed by atoms with Crippen molar-refractivity contribution in [3.63, 3.8) is 0 Å². The summed E-state index contributed by atoms with van der Waals surface area (Å²) >= 11 is 1.26. The molecule has 4 atom stereocenters. The number of halogens is 1. The second kappa shape index (κ2) is 8.56. The molecule has 0 spiro atoms. The first-order valence-electron chi connectivity index (χ1n) is 8.77. The Hall–Kier alpha value is -2.50. The molecule has 31 heavy (non-hydrogen) atoms. The molecular formula is C15H17FN8O5S2. The number of nitrogens with zero attached hydrogens (tertiary/aromatic N) is 6. The maximum Gasteiger partial charge on any atom is 0.333 e. The third-order valence-electron chi connectivity index (χ3n) is 4.40. The monoisotopic (exact) mass is 472 g/mol. The largest absolute Gasteiger partial charge is 0.387 e. The molecule has 1 fully saturated rings. The van der Waals surface area contributed by atoms with Crippen LogP contribution in [0.1, 0.15) is 11.9 Å². The molecule has 4 heterocycles. The predicted octanol–water partition coefficient (Wildman–Crippen LogP) is -0.693. The van der Waals surface area contributed by atoms with E-state index in [1.165, 1.54) is 18.1 Å². The van der Waals surface area contributed by atoms with Gasteiger partial charge in [-0.05, 0) is 12.1 Å². The Balaban J connectivity index is 1.64. The van der Waals surface area contributed by atoms with Crippen LogP contribution in [0.3, 0.4) is 0 Å². The summed E-state index contributed by atoms with van der Waals surface area (Å²) in [6, 6.07) is 3.52. The molecule has 3 aromatic rings. The molecule has 1 aliphatic rings. The van der Waals surface area contributed by atoms with Crippen molar-refractivity contribution in [3.05, 3.63) is 30.4 Å². The van der Waals surface area contributed by atoms with E-state index < -0.39 is 41.5 Å². The van der Waals surface area contributed by atoms with Crippen molar-refractivity contribution in [3.8, 4) is 0 Å². The van der Waals surface area contributed by atoms with Gasteiger partial charge in [0.25, 0.3) is 0 Å². The third kappa shape index (κ3) is 4.58. The Morgan fingerprint density at radius 3 is 2.90 bits per heavy atom. The van der Waals surface area contributed by atoms with Crippen LogP contribution in [0.25, 0.3) is 11.0 Å². The van der Waals surface area contributed by atoms with Crippen LogP contribution in [0.5, 0.6) is 0 Å². The van der Waals surface area contributed by atoms with Gasteiger partial charge in [-0.15, -0.1) is 0 Å². The number of ether oxygens (including phenoxy) is 1. The van der Waals surface area contributed by atoms with Crippen LogP contribution in [-0.2, 0) is 25.0 Å². The summed E-state index contributed by atoms with van der Waals surface area (Å²) in [5, 5.41) is 27.9. The molecule has 1 aliphatic heterocycles. The number of aliphatic hydroxyl groups is 1. The summed E-state index contributed by atoms with van der Waals surface area (Å²) in [6.45, 7) is -0.665. The van der Waals surface area contributed by atoms with Crippen LogP contribution in [0.15, 0.2) is 29.7 Å². The Kier molecular flexibility index (Phi) is 6.00. The topological polar surface area (TPSA) is 194 Å². The molecule has 0 aliphatic carbocycles. The zero-order chi connectivity index (χ0) is 22.2. The Labute approximate surface area is 179 Å². The first-order valence-corrected chi connectivity index (χ1v) is 11.2. The number of fused-ring (bicyclic) bond motifs is 1. The lowest BCUT2D eigenvalue weighted by Crippen LogP contribution is -2.33. The number of rotatable bonds is 7. The van der Waals surface area contributed by atoms with Crippen molar-refractivity contribution >= 4 is 38.9 Å². The van der Waals surface area contributed by atoms with Crippen molar-refractivity contribution in [1.29, 1.82) is 0 Å². The first-order chi connectivity index (χ1) is 14.7. The second-order valence-electron chi connectivity index (χ2n) is 6.49. The summed E-state index contributed by atoms with van der Waals surface area (Å²) < 4.78 is 47.9. The van der Waals surface area contributed by atoms with Gasteiger partial charge in [0.2, 0.25) is 0 Å². The average Bonchev–Trinajstić information content (AvgIpc) is 3.24. The van der Waals surface area contributed by atoms with E-state index in [-0.39, 0.29) is 11.5 Å². The number of aromatic nitrogens is 6. The molecule has 4 rings (SSSR count). The van der Waals surface area contributed by atoms with E-state index in [2.05, 4.69) is 29.4 Å². The maximum absolute atomic E-state index is 14.9. The second-order valence-corrected chi connectivity index (χ2v) is 8.67. The van der Waals surface area contributed by atoms with Gasteiger partial charge in [-0.2, -0.15) is 23.7 Å². The van der Waals surface area contributed by atoms with E-state index in [1.54, 1.807) is 18.3 Å². The van der Waals surface area contributed by atoms with Crippen LogP contribution >= 0.6 is 11.8 Å². The highest BCUT2D eigenvalue weighted by atomic mass is 32.2. The minimum absolute atomic E-state index is 0.126. The molecule has 16 heteroatoms. The lowest BCUT2D eigenvalue weighted by Gasteiger charge is -2.14. The highest BCUT2D eigenvalue weighted by molar-refractivity contribution is 7.98. The van der Waals surface area contributed by atoms with Crippen LogP contribution in [-0.4, -0.2) is 68.5 Å². The predicted molar refractivity (Wildman–Crippen MR) is 105 cm³/mol. The van der Waals surface area contributed by atoms with Crippen LogP contribution in [0.4, 0.5) is 10.2 Å². The fourth-order valence-electron chi connectivity index (χ4n) is 3.00. The van der Waals surface area contributed by atoms with Gasteiger partial charge in [-0.1, -0.05) is 11.8 Å². The molecule has 3 aromatic heterocycles. The third-order valence-corrected chi connectivity index (χ3v) is 5.87. The number of hydrogen-bond donors (Lipinski definition) is 3. The molecular weight excluding hydrogens is 455 g/mol. The Morgan fingerprint density at radius 1 is 1.39 bits per heavy atom. The highest BCUT2D eigenvalue weighted by Crippen LogP contribution is 2.37. The van der Waals surface area contributed by atoms with E-state index in [0.29, 0.717) is 21.9 Å². The van der Waals surface area contributed by atoms with Crippen LogP contribution < -0.4 is 10.9 Å². The summed E-state index contributed by atoms with van der Waals surface area (Å²) in [7, 11) is -4.29. The number of alkyl halides is 1. The molecule has 0 bridgehead atoms. The normalized spacial score (nSPS) is 24.1. The van der Waals surface area contributed by atoms with Gasteiger partial charge < -0.3 is 15.6 Å². The zero-order valence-corrected chi connectivity index (χ0v) is 17.3. The van der Waals surface area contributed by atoms with E-state index in [9.17, 15) is 17.9 Å². The van der Waals surface area contributed by atoms with Crippen LogP contribution in [0.2, 0.25) is 0 Å². The summed E-state index contributed by atoms with van der Waals surface area (Å²) in [4.78, 5) is 8.08. The van der Waals surface area contributed by atoms with Crippen molar-refractivity contribution < 1.29 is 26.8 Å². The molecule has 0 radical (unpaired) electrons. The minimum atomic E-state index is -4.29. The smallest absolute Gasteiger partial charge is 0.333 e. The van der Waals surface area contributed by atoms with Gasteiger partial charge in [0.1, 0.15) is 29.4 Å². The van der Waals surface area contributed by atoms with Crippen molar-refractivity contribution in [2.75, 3.05) is 12.3 Å². The fraction of sp³-hybridized carbons (Fsp3) is 0.400. The Bertz CT molecular complexity index is 1180. The number of thioether (sulfide) groups is 1. The highest BCUT2D eigenvalue weighted by Gasteiger charge is 2.47. The molecule has 5 N–H and O–H groups in total. The summed E-state index contributed by atoms with van der Waals surface area (Å²) in [5.74, 6) is 0.521. The molecule has 0 amide bonds. The van der Waals surface area contributed by atoms with Gasteiger partial charge in [0.05, 0.1) is 17.7 Å². The zero-order valence-electron chi connectivity index (χ0n) is 15.6. The average molecular weight is 472 g/mol. The maximum atomic E-state index is 14.9. The van der Waals surface area contributed by atoms with Crippen molar-refractivity contribution in [1.82, 2.24) is 29.9 Å². The molecule has 1 saturated heterocycles. The number of aliphatic hydroxyl groups excluding tert-OH is 1. The van der Waals surface area contributed by atoms with E-state index >= 15 is 0 Å². The van der Waals surface area contributed by atoms with Gasteiger partial charge in [-0.3, -0.25) is 4.18 Å². The van der Waals surface area contributed by atoms with Crippen LogP contribution in [0, 0.1) is 0 Å². The van der Waals surface area contributed by atoms with Gasteiger partial charge in [0, 0.05) is 11.9 Å². The Morgan fingerprint density at radius 2 is 2.19 bits per heavy atom. The number of nitrogens with two attached hydrogens (primary N) is 2. The fourth-order valence-corrected chi connectivity index (χ4v) is 4.24. The molecule has 166 valence electrons. The quantitative estimate of drug-likeness (QED) is 0.367. The van der Waals surface area contributed by atoms with E-state index in [4.69, 9.17) is 15.6 Å². The molecule has 0 unspecified atom stereocenters. The molecule has 0 aromatic carbocycles. The molecule has 0 saturated carbocycles. The van der Waals surface area contributed by atoms with Gasteiger partial charge in [0.15, 0.2) is 18.0 Å². The number of hydrogen-bond acceptors (Lipinski definition) is 12. The van der Waals surface area contributed by atoms with E-state index in [1.807, 2.05) is 0 Å². The van der Waals surface area contributed by atoms with Crippen molar-refractivity contribution in [2.24, 2.45) is 5.14 Å². The van der Waals surface area contributed by atoms with Crippen molar-refractivity contribution in [2.45, 2.75) is 35.4 Å². The summed E-state index contributed by atoms with van der Waals surface area (Å²) in [6.07, 6.45) is -3.61. The minimum Gasteiger partial charge on any atom is -0.387 e. The first kappa shape index (κ1) is 21.7. The van der Waals surface area contributed by atoms with Gasteiger partial charge in [-0.25, -0.2) is 24.2 Å². The number of nitrogen functional groups attached to an aromatic ring is 1. The summed E-state index contributed by atoms with van der Waals surface area (Å²) in [5.41, 5.74) is 6.86. The van der Waals surface area contributed by atoms with E-state index in [0.717, 1.165) is 4.68 Å². The SMILES string of the molecule is Nc1ncnc2c1c(SCc1cccnn1)nn2[C@@H]1O[C@H](COS(N)(=O)=O)[C@@H](O)[C@@H]1F. The molecule has 13 nitrogen and oxygen atoms in total.